The smallest absolute Gasteiger partial charge is 0.180 e. The molecule has 0 unspecified atom stereocenters. The second-order valence-corrected chi connectivity index (χ2v) is 4.17. The molecule has 2 heterocycles. The van der Waals surface area contributed by atoms with Crippen LogP contribution in [0.25, 0.3) is 22.8 Å². The summed E-state index contributed by atoms with van der Waals surface area (Å²) in [5.74, 6) is 1.34. The van der Waals surface area contributed by atoms with Crippen LogP contribution in [-0.2, 0) is 0 Å². The summed E-state index contributed by atoms with van der Waals surface area (Å²) < 4.78 is 0. The molecule has 0 aliphatic rings. The standard InChI is InChI=1S/C15H13N5/c1-16-14-9-13(11-5-3-2-4-6-11)19-15(20-14)12-7-8-17-10-18-12/h2-10H,1H3,(H,16,19,20). The maximum Gasteiger partial charge on any atom is 0.180 e. The molecule has 0 saturated heterocycles. The van der Waals surface area contributed by atoms with Gasteiger partial charge in [-0.15, -0.1) is 0 Å². The van der Waals surface area contributed by atoms with Crippen molar-refractivity contribution >= 4 is 5.82 Å². The first-order chi connectivity index (χ1) is 9.86. The molecule has 0 aliphatic heterocycles. The van der Waals surface area contributed by atoms with Gasteiger partial charge in [0.2, 0.25) is 0 Å². The summed E-state index contributed by atoms with van der Waals surface area (Å²) in [5, 5.41) is 3.05. The van der Waals surface area contributed by atoms with Crippen LogP contribution in [0.4, 0.5) is 5.82 Å². The Balaban J connectivity index is 2.13. The number of nitrogens with zero attached hydrogens (tertiary/aromatic N) is 4. The Morgan fingerprint density at radius 1 is 0.950 bits per heavy atom. The minimum atomic E-state index is 0.582. The first kappa shape index (κ1) is 12.2. The zero-order valence-electron chi connectivity index (χ0n) is 11.0. The third-order valence-electron chi connectivity index (χ3n) is 2.86. The monoisotopic (exact) mass is 263 g/mol. The fourth-order valence-corrected chi connectivity index (χ4v) is 1.87. The molecule has 0 bridgehead atoms. The van der Waals surface area contributed by atoms with Crippen LogP contribution >= 0.6 is 0 Å². The predicted molar refractivity (Wildman–Crippen MR) is 78.0 cm³/mol. The van der Waals surface area contributed by atoms with E-state index in [2.05, 4.69) is 25.3 Å². The average molecular weight is 263 g/mol. The largest absolute Gasteiger partial charge is 0.373 e. The molecule has 0 fully saturated rings. The number of hydrogen-bond acceptors (Lipinski definition) is 5. The van der Waals surface area contributed by atoms with Crippen molar-refractivity contribution in [1.29, 1.82) is 0 Å². The summed E-state index contributed by atoms with van der Waals surface area (Å²) >= 11 is 0. The third-order valence-corrected chi connectivity index (χ3v) is 2.86. The summed E-state index contributed by atoms with van der Waals surface area (Å²) in [7, 11) is 1.83. The van der Waals surface area contributed by atoms with Crippen LogP contribution in [0.2, 0.25) is 0 Å². The normalized spacial score (nSPS) is 10.2. The Kier molecular flexibility index (Phi) is 3.33. The molecule has 1 aromatic carbocycles. The first-order valence-corrected chi connectivity index (χ1v) is 6.25. The van der Waals surface area contributed by atoms with Gasteiger partial charge < -0.3 is 5.32 Å². The van der Waals surface area contributed by atoms with Gasteiger partial charge in [-0.2, -0.15) is 0 Å². The topological polar surface area (TPSA) is 63.6 Å². The lowest BCUT2D eigenvalue weighted by molar-refractivity contribution is 1.10. The Morgan fingerprint density at radius 2 is 1.80 bits per heavy atom. The third kappa shape index (κ3) is 2.47. The van der Waals surface area contributed by atoms with Gasteiger partial charge in [0.25, 0.3) is 0 Å². The van der Waals surface area contributed by atoms with E-state index < -0.39 is 0 Å². The fraction of sp³-hybridized carbons (Fsp3) is 0.0667. The minimum Gasteiger partial charge on any atom is -0.373 e. The van der Waals surface area contributed by atoms with E-state index in [1.807, 2.05) is 43.4 Å². The van der Waals surface area contributed by atoms with Crippen LogP contribution in [0.1, 0.15) is 0 Å². The van der Waals surface area contributed by atoms with Crippen molar-refractivity contribution < 1.29 is 0 Å². The maximum atomic E-state index is 4.58. The summed E-state index contributed by atoms with van der Waals surface area (Å²) in [6.45, 7) is 0. The summed E-state index contributed by atoms with van der Waals surface area (Å²) in [5.41, 5.74) is 2.61. The van der Waals surface area contributed by atoms with Crippen molar-refractivity contribution in [3.63, 3.8) is 0 Å². The number of aromatic nitrogens is 4. The second kappa shape index (κ2) is 5.44. The molecule has 0 spiro atoms. The van der Waals surface area contributed by atoms with Crippen LogP contribution in [0.5, 0.6) is 0 Å². The number of hydrogen-bond donors (Lipinski definition) is 1. The molecule has 5 heteroatoms. The average Bonchev–Trinajstić information content (AvgIpc) is 2.56. The number of benzene rings is 1. The minimum absolute atomic E-state index is 0.582. The number of anilines is 1. The van der Waals surface area contributed by atoms with Gasteiger partial charge in [0.1, 0.15) is 17.8 Å². The van der Waals surface area contributed by atoms with Gasteiger partial charge in [0, 0.05) is 24.9 Å². The van der Waals surface area contributed by atoms with Gasteiger partial charge in [0.05, 0.1) is 5.69 Å². The highest BCUT2D eigenvalue weighted by atomic mass is 15.0. The molecule has 0 atom stereocenters. The van der Waals surface area contributed by atoms with Crippen molar-refractivity contribution in [2.45, 2.75) is 0 Å². The van der Waals surface area contributed by atoms with Crippen molar-refractivity contribution in [1.82, 2.24) is 19.9 Å². The first-order valence-electron chi connectivity index (χ1n) is 6.25. The summed E-state index contributed by atoms with van der Waals surface area (Å²) in [6.07, 6.45) is 3.17. The molecule has 1 N–H and O–H groups in total. The molecule has 98 valence electrons. The molecule has 3 rings (SSSR count). The molecule has 20 heavy (non-hydrogen) atoms. The fourth-order valence-electron chi connectivity index (χ4n) is 1.87. The van der Waals surface area contributed by atoms with E-state index in [1.165, 1.54) is 6.33 Å². The lowest BCUT2D eigenvalue weighted by Crippen LogP contribution is -1.99. The summed E-state index contributed by atoms with van der Waals surface area (Å²) in [6, 6.07) is 13.7. The second-order valence-electron chi connectivity index (χ2n) is 4.17. The highest BCUT2D eigenvalue weighted by Gasteiger charge is 2.08. The van der Waals surface area contributed by atoms with E-state index in [1.54, 1.807) is 12.3 Å². The highest BCUT2D eigenvalue weighted by molar-refractivity contribution is 5.66. The molecular weight excluding hydrogens is 250 g/mol. The summed E-state index contributed by atoms with van der Waals surface area (Å²) in [4.78, 5) is 17.1. The Morgan fingerprint density at radius 3 is 2.50 bits per heavy atom. The van der Waals surface area contributed by atoms with Gasteiger partial charge in [0.15, 0.2) is 5.82 Å². The molecule has 2 aromatic heterocycles. The van der Waals surface area contributed by atoms with Crippen LogP contribution in [0, 0.1) is 0 Å². The SMILES string of the molecule is CNc1cc(-c2ccccc2)nc(-c2ccncn2)n1. The van der Waals surface area contributed by atoms with Crippen LogP contribution in [-0.4, -0.2) is 27.0 Å². The zero-order chi connectivity index (χ0) is 13.8. The van der Waals surface area contributed by atoms with Gasteiger partial charge in [-0.1, -0.05) is 30.3 Å². The van der Waals surface area contributed by atoms with E-state index in [4.69, 9.17) is 0 Å². The molecule has 0 aliphatic carbocycles. The van der Waals surface area contributed by atoms with Gasteiger partial charge in [-0.25, -0.2) is 19.9 Å². The van der Waals surface area contributed by atoms with Crippen molar-refractivity contribution in [3.8, 4) is 22.8 Å². The zero-order valence-corrected chi connectivity index (χ0v) is 11.0. The molecule has 3 aromatic rings. The maximum absolute atomic E-state index is 4.58. The van der Waals surface area contributed by atoms with Crippen LogP contribution < -0.4 is 5.32 Å². The quantitative estimate of drug-likeness (QED) is 0.787. The van der Waals surface area contributed by atoms with Crippen LogP contribution in [0.15, 0.2) is 55.0 Å². The lowest BCUT2D eigenvalue weighted by Gasteiger charge is -2.07. The van der Waals surface area contributed by atoms with E-state index >= 15 is 0 Å². The Bertz CT molecular complexity index is 640. The number of nitrogens with one attached hydrogen (secondary N) is 1. The van der Waals surface area contributed by atoms with E-state index in [0.29, 0.717) is 11.5 Å². The lowest BCUT2D eigenvalue weighted by atomic mass is 10.1. The van der Waals surface area contributed by atoms with Gasteiger partial charge in [-0.3, -0.25) is 0 Å². The van der Waals surface area contributed by atoms with Gasteiger partial charge >= 0.3 is 0 Å². The molecule has 0 radical (unpaired) electrons. The number of rotatable bonds is 3. The van der Waals surface area contributed by atoms with Gasteiger partial charge in [-0.05, 0) is 6.07 Å². The Labute approximate surface area is 116 Å². The van der Waals surface area contributed by atoms with Crippen molar-refractivity contribution in [2.75, 3.05) is 12.4 Å². The van der Waals surface area contributed by atoms with Crippen molar-refractivity contribution in [3.05, 3.63) is 55.0 Å². The molecule has 0 saturated carbocycles. The van der Waals surface area contributed by atoms with E-state index in [-0.39, 0.29) is 0 Å². The van der Waals surface area contributed by atoms with E-state index in [0.717, 1.165) is 17.1 Å². The van der Waals surface area contributed by atoms with Crippen LogP contribution in [0.3, 0.4) is 0 Å². The molecule has 5 nitrogen and oxygen atoms in total. The Hall–Kier alpha value is -2.82. The predicted octanol–water partition coefficient (Wildman–Crippen LogP) is 2.64. The molecular formula is C15H13N5. The van der Waals surface area contributed by atoms with E-state index in [9.17, 15) is 0 Å². The highest BCUT2D eigenvalue weighted by Crippen LogP contribution is 2.22. The van der Waals surface area contributed by atoms with Crippen molar-refractivity contribution in [2.24, 2.45) is 0 Å². The molecule has 0 amide bonds.